The third kappa shape index (κ3) is 2.73. The van der Waals surface area contributed by atoms with Crippen molar-refractivity contribution in [3.05, 3.63) is 29.6 Å². The predicted molar refractivity (Wildman–Crippen MR) is 109 cm³/mol. The molecule has 2 aromatic rings. The van der Waals surface area contributed by atoms with Crippen LogP contribution in [-0.4, -0.2) is 17.3 Å². The molecule has 2 atom stereocenters. The van der Waals surface area contributed by atoms with Crippen LogP contribution in [0.2, 0.25) is 0 Å². The van der Waals surface area contributed by atoms with Crippen LogP contribution in [0.1, 0.15) is 47.0 Å². The normalized spacial score (nSPS) is 27.8. The van der Waals surface area contributed by atoms with Gasteiger partial charge in [0.1, 0.15) is 5.75 Å². The number of thiazole rings is 1. The Kier molecular flexibility index (Phi) is 4.30. The minimum Gasteiger partial charge on any atom is -0.494 e. The van der Waals surface area contributed by atoms with Crippen molar-refractivity contribution in [1.82, 2.24) is 4.98 Å². The molecule has 0 radical (unpaired) electrons. The van der Waals surface area contributed by atoms with Crippen molar-refractivity contribution in [2.75, 3.05) is 12.0 Å². The first-order valence-corrected chi connectivity index (χ1v) is 10.3. The van der Waals surface area contributed by atoms with Gasteiger partial charge in [-0.3, -0.25) is 5.43 Å². The maximum atomic E-state index is 5.50. The van der Waals surface area contributed by atoms with Gasteiger partial charge in [0.25, 0.3) is 0 Å². The Labute approximate surface area is 159 Å². The van der Waals surface area contributed by atoms with Crippen molar-refractivity contribution in [3.8, 4) is 17.0 Å². The number of ether oxygens (including phenoxy) is 1. The van der Waals surface area contributed by atoms with Crippen LogP contribution in [0.5, 0.6) is 5.75 Å². The smallest absolute Gasteiger partial charge is 0.203 e. The molecule has 4 nitrogen and oxygen atoms in total. The van der Waals surface area contributed by atoms with Crippen molar-refractivity contribution in [3.63, 3.8) is 0 Å². The fourth-order valence-electron chi connectivity index (χ4n) is 4.56. The van der Waals surface area contributed by atoms with Crippen LogP contribution in [0.25, 0.3) is 11.3 Å². The molecule has 2 fully saturated rings. The molecule has 0 spiro atoms. The highest BCUT2D eigenvalue weighted by atomic mass is 32.1. The molecule has 138 valence electrons. The average Bonchev–Trinajstić information content (AvgIpc) is 3.23. The molecule has 1 aromatic heterocycles. The number of anilines is 1. The molecule has 2 saturated carbocycles. The molecule has 26 heavy (non-hydrogen) atoms. The number of rotatable bonds is 5. The van der Waals surface area contributed by atoms with Crippen molar-refractivity contribution < 1.29 is 4.74 Å². The van der Waals surface area contributed by atoms with Crippen LogP contribution < -0.4 is 10.2 Å². The zero-order valence-electron chi connectivity index (χ0n) is 16.0. The molecule has 2 aliphatic carbocycles. The van der Waals surface area contributed by atoms with Gasteiger partial charge in [-0.2, -0.15) is 5.10 Å². The summed E-state index contributed by atoms with van der Waals surface area (Å²) in [5.41, 5.74) is 7.18. The van der Waals surface area contributed by atoms with E-state index in [1.807, 2.05) is 19.1 Å². The van der Waals surface area contributed by atoms with Gasteiger partial charge in [0, 0.05) is 22.1 Å². The molecule has 1 aromatic carbocycles. The SMILES string of the molecule is CCOc1ccc(-c2csc(N/N=C3/C[C@H]4CC[C@]3(C)C4(C)C)n2)cc1. The Balaban J connectivity index is 1.48. The monoisotopic (exact) mass is 369 g/mol. The van der Waals surface area contributed by atoms with Gasteiger partial charge in [-0.1, -0.05) is 20.8 Å². The number of nitrogens with one attached hydrogen (secondary N) is 1. The Morgan fingerprint density at radius 1 is 1.27 bits per heavy atom. The van der Waals surface area contributed by atoms with Crippen LogP contribution in [0.4, 0.5) is 5.13 Å². The van der Waals surface area contributed by atoms with Crippen molar-refractivity contribution in [1.29, 1.82) is 0 Å². The Morgan fingerprint density at radius 2 is 2.04 bits per heavy atom. The maximum Gasteiger partial charge on any atom is 0.203 e. The maximum absolute atomic E-state index is 5.50. The summed E-state index contributed by atoms with van der Waals surface area (Å²) in [6.45, 7) is 9.86. The molecule has 2 bridgehead atoms. The lowest BCUT2D eigenvalue weighted by Crippen LogP contribution is -2.32. The third-order valence-electron chi connectivity index (χ3n) is 6.76. The van der Waals surface area contributed by atoms with Gasteiger partial charge in [0.15, 0.2) is 0 Å². The van der Waals surface area contributed by atoms with Crippen molar-refractivity contribution >= 4 is 22.2 Å². The van der Waals surface area contributed by atoms with Crippen LogP contribution in [-0.2, 0) is 0 Å². The summed E-state index contributed by atoms with van der Waals surface area (Å²) in [7, 11) is 0. The van der Waals surface area contributed by atoms with Crippen molar-refractivity contribution in [2.45, 2.75) is 47.0 Å². The van der Waals surface area contributed by atoms with E-state index in [1.54, 1.807) is 11.3 Å². The minimum absolute atomic E-state index is 0.222. The highest BCUT2D eigenvalue weighted by Crippen LogP contribution is 2.63. The second kappa shape index (κ2) is 6.38. The number of aromatic nitrogens is 1. The van der Waals surface area contributed by atoms with Gasteiger partial charge in [-0.05, 0) is 61.8 Å². The standard InChI is InChI=1S/C21H27N3OS/c1-5-25-16-8-6-14(7-9-16)17-13-26-19(22-17)24-23-18-12-15-10-11-21(18,4)20(15,2)3/h6-9,13,15H,5,10-12H2,1-4H3,(H,22,24)/b23-18-/t15-,21+/m1/s1. The molecule has 1 N–H and O–H groups in total. The fraction of sp³-hybridized carbons (Fsp3) is 0.524. The summed E-state index contributed by atoms with van der Waals surface area (Å²) in [6.07, 6.45) is 3.70. The van der Waals surface area contributed by atoms with Gasteiger partial charge >= 0.3 is 0 Å². The largest absolute Gasteiger partial charge is 0.494 e. The lowest BCUT2D eigenvalue weighted by atomic mass is 9.70. The lowest BCUT2D eigenvalue weighted by molar-refractivity contribution is 0.194. The molecule has 1 heterocycles. The van der Waals surface area contributed by atoms with Crippen LogP contribution in [0.15, 0.2) is 34.7 Å². The highest BCUT2D eigenvalue weighted by Gasteiger charge is 2.59. The lowest BCUT2D eigenvalue weighted by Gasteiger charge is -2.34. The Bertz CT molecular complexity index is 824. The third-order valence-corrected chi connectivity index (χ3v) is 7.51. The average molecular weight is 370 g/mol. The Morgan fingerprint density at radius 3 is 2.65 bits per heavy atom. The first-order valence-electron chi connectivity index (χ1n) is 9.46. The summed E-state index contributed by atoms with van der Waals surface area (Å²) < 4.78 is 5.50. The number of hydrogen-bond donors (Lipinski definition) is 1. The van der Waals surface area contributed by atoms with Gasteiger partial charge in [0.2, 0.25) is 5.13 Å². The topological polar surface area (TPSA) is 46.5 Å². The van der Waals surface area contributed by atoms with Gasteiger partial charge in [-0.25, -0.2) is 4.98 Å². The van der Waals surface area contributed by atoms with Crippen LogP contribution >= 0.6 is 11.3 Å². The highest BCUT2D eigenvalue weighted by molar-refractivity contribution is 7.14. The number of fused-ring (bicyclic) bond motifs is 2. The summed E-state index contributed by atoms with van der Waals surface area (Å²) >= 11 is 1.60. The second-order valence-corrected chi connectivity index (χ2v) is 9.02. The van der Waals surface area contributed by atoms with E-state index < -0.39 is 0 Å². The first kappa shape index (κ1) is 17.5. The van der Waals surface area contributed by atoms with E-state index >= 15 is 0 Å². The fourth-order valence-corrected chi connectivity index (χ4v) is 5.22. The number of hydrogen-bond acceptors (Lipinski definition) is 5. The van der Waals surface area contributed by atoms with E-state index in [9.17, 15) is 0 Å². The van der Waals surface area contributed by atoms with Crippen LogP contribution in [0, 0.1) is 16.7 Å². The van der Waals surface area contributed by atoms with E-state index in [1.165, 1.54) is 18.6 Å². The molecule has 0 unspecified atom stereocenters. The van der Waals surface area contributed by atoms with Gasteiger partial charge in [-0.15, -0.1) is 11.3 Å². The quantitative estimate of drug-likeness (QED) is 0.675. The van der Waals surface area contributed by atoms with E-state index in [0.29, 0.717) is 12.0 Å². The van der Waals surface area contributed by atoms with E-state index in [4.69, 9.17) is 14.8 Å². The number of nitrogens with zero attached hydrogens (tertiary/aromatic N) is 2. The first-order chi connectivity index (χ1) is 12.4. The summed E-state index contributed by atoms with van der Waals surface area (Å²) in [5, 5.41) is 7.71. The predicted octanol–water partition coefficient (Wildman–Crippen LogP) is 5.82. The number of benzene rings is 1. The number of hydrazone groups is 1. The van der Waals surface area contributed by atoms with Gasteiger partial charge < -0.3 is 4.74 Å². The molecule has 0 saturated heterocycles. The summed E-state index contributed by atoms with van der Waals surface area (Å²) in [5.74, 6) is 1.66. The zero-order valence-corrected chi connectivity index (χ0v) is 16.8. The molecule has 2 aliphatic rings. The molecule has 0 aliphatic heterocycles. The van der Waals surface area contributed by atoms with E-state index in [2.05, 4.69) is 43.7 Å². The Hall–Kier alpha value is -1.88. The molecule has 4 rings (SSSR count). The molecule has 5 heteroatoms. The second-order valence-electron chi connectivity index (χ2n) is 8.16. The van der Waals surface area contributed by atoms with Crippen molar-refractivity contribution in [2.24, 2.45) is 21.8 Å². The van der Waals surface area contributed by atoms with Gasteiger partial charge in [0.05, 0.1) is 12.3 Å². The summed E-state index contributed by atoms with van der Waals surface area (Å²) in [4.78, 5) is 4.70. The summed E-state index contributed by atoms with van der Waals surface area (Å²) in [6, 6.07) is 8.08. The van der Waals surface area contributed by atoms with E-state index in [-0.39, 0.29) is 5.41 Å². The van der Waals surface area contributed by atoms with Crippen LogP contribution in [0.3, 0.4) is 0 Å². The zero-order chi connectivity index (χ0) is 18.4. The molecule has 0 amide bonds. The minimum atomic E-state index is 0.222. The molecular weight excluding hydrogens is 342 g/mol. The molecular formula is C21H27N3OS. The van der Waals surface area contributed by atoms with E-state index in [0.717, 1.165) is 34.5 Å².